The lowest BCUT2D eigenvalue weighted by Crippen LogP contribution is -2.44. The monoisotopic (exact) mass is 443 g/mol. The largest absolute Gasteiger partial charge is 0.494 e. The number of pyridine rings is 1. The molecule has 5 nitrogen and oxygen atoms in total. The van der Waals surface area contributed by atoms with E-state index in [0.29, 0.717) is 23.0 Å². The van der Waals surface area contributed by atoms with Crippen molar-refractivity contribution in [2.45, 2.75) is 57.7 Å². The first-order valence-electron chi connectivity index (χ1n) is 10.3. The van der Waals surface area contributed by atoms with Gasteiger partial charge < -0.3 is 9.47 Å². The van der Waals surface area contributed by atoms with Gasteiger partial charge in [0.25, 0.3) is 0 Å². The summed E-state index contributed by atoms with van der Waals surface area (Å²) in [7, 11) is 1.60. The van der Waals surface area contributed by atoms with Crippen LogP contribution in [0.15, 0.2) is 42.7 Å². The first-order valence-corrected chi connectivity index (χ1v) is 10.7. The Balaban J connectivity index is 1.87. The predicted octanol–water partition coefficient (Wildman–Crippen LogP) is 6.19. The Bertz CT molecular complexity index is 1090. The minimum atomic E-state index is -0.485. The van der Waals surface area contributed by atoms with Gasteiger partial charge in [-0.25, -0.2) is 14.4 Å². The predicted molar refractivity (Wildman–Crippen MR) is 120 cm³/mol. The Morgan fingerprint density at radius 1 is 1.16 bits per heavy atom. The van der Waals surface area contributed by atoms with Gasteiger partial charge in [-0.2, -0.15) is 0 Å². The molecule has 0 aliphatic carbocycles. The SMILES string of the molecule is COc1cccnc1-c1nc(C2CC(C)(C)OC(C)(C)C2)cn1-c1ccc(Cl)c(F)c1. The molecule has 0 N–H and O–H groups in total. The van der Waals surface area contributed by atoms with Crippen LogP contribution in [0.25, 0.3) is 17.2 Å². The van der Waals surface area contributed by atoms with E-state index in [0.717, 1.165) is 18.5 Å². The molecule has 2 aromatic heterocycles. The molecule has 0 radical (unpaired) electrons. The van der Waals surface area contributed by atoms with Gasteiger partial charge in [0.05, 0.1) is 34.7 Å². The highest BCUT2D eigenvalue weighted by atomic mass is 35.5. The molecule has 1 saturated heterocycles. The van der Waals surface area contributed by atoms with Crippen LogP contribution in [0.2, 0.25) is 5.02 Å². The average molecular weight is 444 g/mol. The normalized spacial score (nSPS) is 18.2. The summed E-state index contributed by atoms with van der Waals surface area (Å²) in [6.45, 7) is 8.43. The number of aromatic nitrogens is 3. The van der Waals surface area contributed by atoms with Crippen molar-refractivity contribution in [2.75, 3.05) is 7.11 Å². The molecule has 4 rings (SSSR count). The Morgan fingerprint density at radius 3 is 2.52 bits per heavy atom. The molecule has 1 fully saturated rings. The van der Waals surface area contributed by atoms with Crippen LogP contribution < -0.4 is 4.74 Å². The van der Waals surface area contributed by atoms with E-state index < -0.39 is 5.82 Å². The summed E-state index contributed by atoms with van der Waals surface area (Å²) in [6, 6.07) is 8.37. The zero-order chi connectivity index (χ0) is 22.4. The minimum absolute atomic E-state index is 0.0778. The Hall–Kier alpha value is -2.44. The lowest BCUT2D eigenvalue weighted by molar-refractivity contribution is -0.162. The summed E-state index contributed by atoms with van der Waals surface area (Å²) in [4.78, 5) is 9.49. The zero-order valence-corrected chi connectivity index (χ0v) is 19.2. The molecule has 0 spiro atoms. The summed E-state index contributed by atoms with van der Waals surface area (Å²) in [6.07, 6.45) is 5.33. The standard InChI is InChI=1S/C24H27ClFN3O2/c1-23(2)12-15(13-24(3,4)31-23)19-14-29(16-8-9-17(25)18(26)11-16)22(28-19)21-20(30-5)7-6-10-27-21/h6-11,14-15H,12-13H2,1-5H3. The molecular weight excluding hydrogens is 417 g/mol. The van der Waals surface area contributed by atoms with Crippen LogP contribution in [-0.4, -0.2) is 32.8 Å². The molecule has 31 heavy (non-hydrogen) atoms. The molecule has 3 heterocycles. The summed E-state index contributed by atoms with van der Waals surface area (Å²) < 4.78 is 27.9. The number of benzene rings is 1. The third kappa shape index (κ3) is 4.46. The van der Waals surface area contributed by atoms with Gasteiger partial charge in [0.15, 0.2) is 5.82 Å². The molecule has 7 heteroatoms. The summed E-state index contributed by atoms with van der Waals surface area (Å²) >= 11 is 5.92. The Kier molecular flexibility index (Phi) is 5.56. The van der Waals surface area contributed by atoms with Crippen LogP contribution in [0.1, 0.15) is 52.1 Å². The highest BCUT2D eigenvalue weighted by Gasteiger charge is 2.41. The van der Waals surface area contributed by atoms with Crippen molar-refractivity contribution in [3.63, 3.8) is 0 Å². The second-order valence-corrected chi connectivity index (χ2v) is 9.65. The average Bonchev–Trinajstić information content (AvgIpc) is 3.13. The number of halogens is 2. The van der Waals surface area contributed by atoms with Gasteiger partial charge in [-0.05, 0) is 70.9 Å². The van der Waals surface area contributed by atoms with Crippen molar-refractivity contribution < 1.29 is 13.9 Å². The second kappa shape index (κ2) is 7.92. The smallest absolute Gasteiger partial charge is 0.167 e. The Labute approximate surface area is 187 Å². The molecule has 1 aliphatic rings. The number of hydrogen-bond donors (Lipinski definition) is 0. The van der Waals surface area contributed by atoms with Crippen molar-refractivity contribution >= 4 is 11.6 Å². The lowest BCUT2D eigenvalue weighted by Gasteiger charge is -2.45. The molecule has 0 amide bonds. The Morgan fingerprint density at radius 2 is 1.87 bits per heavy atom. The fourth-order valence-corrected chi connectivity index (χ4v) is 4.73. The molecule has 3 aromatic rings. The zero-order valence-electron chi connectivity index (χ0n) is 18.4. The van der Waals surface area contributed by atoms with Crippen molar-refractivity contribution in [3.8, 4) is 23.0 Å². The molecule has 0 atom stereocenters. The van der Waals surface area contributed by atoms with Gasteiger partial charge in [-0.15, -0.1) is 0 Å². The van der Waals surface area contributed by atoms with Gasteiger partial charge >= 0.3 is 0 Å². The van der Waals surface area contributed by atoms with Crippen LogP contribution in [0.4, 0.5) is 4.39 Å². The summed E-state index contributed by atoms with van der Waals surface area (Å²) in [5, 5.41) is 0.0778. The van der Waals surface area contributed by atoms with E-state index in [2.05, 4.69) is 32.7 Å². The van der Waals surface area contributed by atoms with E-state index in [1.807, 2.05) is 22.9 Å². The maximum Gasteiger partial charge on any atom is 0.167 e. The van der Waals surface area contributed by atoms with E-state index in [4.69, 9.17) is 26.1 Å². The molecular formula is C24H27ClFN3O2. The number of hydrogen-bond acceptors (Lipinski definition) is 4. The van der Waals surface area contributed by atoms with Crippen LogP contribution in [-0.2, 0) is 4.74 Å². The molecule has 1 aromatic carbocycles. The lowest BCUT2D eigenvalue weighted by atomic mass is 9.79. The molecule has 1 aliphatic heterocycles. The number of rotatable bonds is 4. The molecule has 0 bridgehead atoms. The van der Waals surface area contributed by atoms with E-state index in [1.54, 1.807) is 25.4 Å². The van der Waals surface area contributed by atoms with Gasteiger partial charge in [0.2, 0.25) is 0 Å². The van der Waals surface area contributed by atoms with Gasteiger partial charge in [0.1, 0.15) is 17.3 Å². The van der Waals surface area contributed by atoms with Crippen molar-refractivity contribution in [2.24, 2.45) is 0 Å². The molecule has 0 saturated carbocycles. The fraction of sp³-hybridized carbons (Fsp3) is 0.417. The van der Waals surface area contributed by atoms with Gasteiger partial charge in [-0.3, -0.25) is 4.57 Å². The number of methoxy groups -OCH3 is 1. The van der Waals surface area contributed by atoms with Gasteiger partial charge in [0, 0.05) is 18.3 Å². The third-order valence-electron chi connectivity index (χ3n) is 5.56. The van der Waals surface area contributed by atoms with E-state index >= 15 is 0 Å². The van der Waals surface area contributed by atoms with Gasteiger partial charge in [-0.1, -0.05) is 11.6 Å². The third-order valence-corrected chi connectivity index (χ3v) is 5.86. The highest BCUT2D eigenvalue weighted by molar-refractivity contribution is 6.30. The van der Waals surface area contributed by atoms with Crippen LogP contribution in [0.5, 0.6) is 5.75 Å². The number of imidazole rings is 1. The minimum Gasteiger partial charge on any atom is -0.494 e. The summed E-state index contributed by atoms with van der Waals surface area (Å²) in [5.74, 6) is 0.895. The van der Waals surface area contributed by atoms with Crippen LogP contribution in [0.3, 0.4) is 0 Å². The number of ether oxygens (including phenoxy) is 2. The van der Waals surface area contributed by atoms with E-state index in [-0.39, 0.29) is 22.1 Å². The van der Waals surface area contributed by atoms with E-state index in [9.17, 15) is 4.39 Å². The quantitative estimate of drug-likeness (QED) is 0.482. The van der Waals surface area contributed by atoms with E-state index in [1.165, 1.54) is 6.07 Å². The first kappa shape index (κ1) is 21.8. The summed E-state index contributed by atoms with van der Waals surface area (Å²) in [5.41, 5.74) is 1.59. The van der Waals surface area contributed by atoms with Crippen LogP contribution in [0, 0.1) is 5.82 Å². The first-order chi connectivity index (χ1) is 14.6. The van der Waals surface area contributed by atoms with Crippen molar-refractivity contribution in [1.82, 2.24) is 14.5 Å². The molecule has 0 unspecified atom stereocenters. The maximum atomic E-state index is 14.3. The van der Waals surface area contributed by atoms with Crippen LogP contribution >= 0.6 is 11.6 Å². The maximum absolute atomic E-state index is 14.3. The number of nitrogens with zero attached hydrogens (tertiary/aromatic N) is 3. The molecule has 164 valence electrons. The van der Waals surface area contributed by atoms with Crippen molar-refractivity contribution in [3.05, 3.63) is 59.3 Å². The van der Waals surface area contributed by atoms with Crippen molar-refractivity contribution in [1.29, 1.82) is 0 Å². The topological polar surface area (TPSA) is 49.2 Å². The highest BCUT2D eigenvalue weighted by Crippen LogP contribution is 2.44. The fourth-order valence-electron chi connectivity index (χ4n) is 4.62. The second-order valence-electron chi connectivity index (χ2n) is 9.24.